The molecule has 3 rings (SSSR count). The first-order chi connectivity index (χ1) is 13.0. The molecule has 0 bridgehead atoms. The van der Waals surface area contributed by atoms with Crippen LogP contribution in [0.2, 0.25) is 5.02 Å². The summed E-state index contributed by atoms with van der Waals surface area (Å²) in [7, 11) is -3.58. The molecule has 0 radical (unpaired) electrons. The van der Waals surface area contributed by atoms with Crippen LogP contribution in [0.4, 0.5) is 5.69 Å². The van der Waals surface area contributed by atoms with E-state index in [1.807, 2.05) is 18.2 Å². The third-order valence-electron chi connectivity index (χ3n) is 4.12. The van der Waals surface area contributed by atoms with Crippen molar-refractivity contribution in [1.29, 1.82) is 0 Å². The van der Waals surface area contributed by atoms with Crippen molar-refractivity contribution in [3.63, 3.8) is 0 Å². The second-order valence-electron chi connectivity index (χ2n) is 5.91. The second kappa shape index (κ2) is 8.99. The number of thiocarbonyl (C=S) groups is 1. The summed E-state index contributed by atoms with van der Waals surface area (Å²) in [6.07, 6.45) is 0. The Labute approximate surface area is 169 Å². The minimum atomic E-state index is -3.58. The molecule has 144 valence electrons. The van der Waals surface area contributed by atoms with Gasteiger partial charge in [0.25, 0.3) is 0 Å². The largest absolute Gasteiger partial charge is 0.379 e. The monoisotopic (exact) mass is 425 g/mol. The van der Waals surface area contributed by atoms with Gasteiger partial charge in [-0.2, -0.15) is 4.31 Å². The van der Waals surface area contributed by atoms with Gasteiger partial charge in [-0.25, -0.2) is 8.42 Å². The maximum absolute atomic E-state index is 13.0. The van der Waals surface area contributed by atoms with Crippen molar-refractivity contribution in [2.75, 3.05) is 31.6 Å². The number of ether oxygens (including phenoxy) is 1. The van der Waals surface area contributed by atoms with E-state index in [2.05, 4.69) is 10.6 Å². The van der Waals surface area contributed by atoms with E-state index in [0.717, 1.165) is 0 Å². The number of hydrogen-bond donors (Lipinski definition) is 2. The molecule has 0 amide bonds. The molecule has 1 aliphatic heterocycles. The van der Waals surface area contributed by atoms with Gasteiger partial charge in [-0.15, -0.1) is 0 Å². The van der Waals surface area contributed by atoms with Gasteiger partial charge in [-0.3, -0.25) is 0 Å². The first-order valence-corrected chi connectivity index (χ1v) is 10.7. The van der Waals surface area contributed by atoms with Gasteiger partial charge in [0.2, 0.25) is 10.0 Å². The maximum Gasteiger partial charge on any atom is 0.243 e. The van der Waals surface area contributed by atoms with Gasteiger partial charge in [0, 0.05) is 19.6 Å². The van der Waals surface area contributed by atoms with E-state index < -0.39 is 10.0 Å². The van der Waals surface area contributed by atoms with Crippen molar-refractivity contribution in [3.05, 3.63) is 59.1 Å². The lowest BCUT2D eigenvalue weighted by molar-refractivity contribution is 0.0730. The molecule has 1 fully saturated rings. The smallest absolute Gasteiger partial charge is 0.243 e. The SMILES string of the molecule is O=S(=O)(c1ccccc1CNC(=S)Nc1ccccc1Cl)N1CCOCC1. The lowest BCUT2D eigenvalue weighted by atomic mass is 10.2. The summed E-state index contributed by atoms with van der Waals surface area (Å²) in [6, 6.07) is 14.2. The van der Waals surface area contributed by atoms with Crippen LogP contribution in [0, 0.1) is 0 Å². The molecular weight excluding hydrogens is 406 g/mol. The van der Waals surface area contributed by atoms with Crippen molar-refractivity contribution in [1.82, 2.24) is 9.62 Å². The number of sulfonamides is 1. The number of nitrogens with zero attached hydrogens (tertiary/aromatic N) is 1. The molecule has 1 aliphatic rings. The average molecular weight is 426 g/mol. The van der Waals surface area contributed by atoms with Crippen LogP contribution < -0.4 is 10.6 Å². The van der Waals surface area contributed by atoms with Crippen molar-refractivity contribution in [3.8, 4) is 0 Å². The Balaban J connectivity index is 1.71. The second-order valence-corrected chi connectivity index (χ2v) is 8.63. The van der Waals surface area contributed by atoms with Gasteiger partial charge in [0.15, 0.2) is 5.11 Å². The molecule has 2 aromatic rings. The van der Waals surface area contributed by atoms with Crippen molar-refractivity contribution >= 4 is 44.6 Å². The summed E-state index contributed by atoms with van der Waals surface area (Å²) in [4.78, 5) is 0.278. The zero-order chi connectivity index (χ0) is 19.3. The normalized spacial score (nSPS) is 15.3. The topological polar surface area (TPSA) is 70.7 Å². The number of anilines is 1. The molecule has 1 saturated heterocycles. The number of para-hydroxylation sites is 1. The average Bonchev–Trinajstić information content (AvgIpc) is 2.69. The zero-order valence-corrected chi connectivity index (χ0v) is 16.9. The molecule has 6 nitrogen and oxygen atoms in total. The van der Waals surface area contributed by atoms with Crippen molar-refractivity contribution in [2.24, 2.45) is 0 Å². The van der Waals surface area contributed by atoms with Crippen LogP contribution in [0.3, 0.4) is 0 Å². The minimum absolute atomic E-state index is 0.274. The number of benzene rings is 2. The van der Waals surface area contributed by atoms with Gasteiger partial charge in [-0.05, 0) is 36.0 Å². The Morgan fingerprint density at radius 3 is 2.52 bits per heavy atom. The highest BCUT2D eigenvalue weighted by molar-refractivity contribution is 7.89. The van der Waals surface area contributed by atoms with Gasteiger partial charge in [0.05, 0.1) is 28.8 Å². The number of nitrogens with one attached hydrogen (secondary N) is 2. The van der Waals surface area contributed by atoms with Crippen molar-refractivity contribution < 1.29 is 13.2 Å². The first kappa shape index (κ1) is 20.0. The summed E-state index contributed by atoms with van der Waals surface area (Å²) in [5.74, 6) is 0. The quantitative estimate of drug-likeness (QED) is 0.718. The molecule has 0 saturated carbocycles. The molecular formula is C18H20ClN3O3S2. The van der Waals surface area contributed by atoms with Crippen molar-refractivity contribution in [2.45, 2.75) is 11.4 Å². The number of rotatable bonds is 5. The summed E-state index contributed by atoms with van der Waals surface area (Å²) in [6.45, 7) is 1.81. The first-order valence-electron chi connectivity index (χ1n) is 8.43. The van der Waals surface area contributed by atoms with E-state index >= 15 is 0 Å². The van der Waals surface area contributed by atoms with Gasteiger partial charge >= 0.3 is 0 Å². The fourth-order valence-electron chi connectivity index (χ4n) is 2.73. The highest BCUT2D eigenvalue weighted by Gasteiger charge is 2.28. The summed E-state index contributed by atoms with van der Waals surface area (Å²) < 4.78 is 32.6. The Hall–Kier alpha value is -1.71. The number of hydrogen-bond acceptors (Lipinski definition) is 4. The molecule has 0 aliphatic carbocycles. The molecule has 27 heavy (non-hydrogen) atoms. The molecule has 0 atom stereocenters. The third-order valence-corrected chi connectivity index (χ3v) is 6.70. The highest BCUT2D eigenvalue weighted by atomic mass is 35.5. The fraction of sp³-hybridized carbons (Fsp3) is 0.278. The Morgan fingerprint density at radius 1 is 1.11 bits per heavy atom. The lowest BCUT2D eigenvalue weighted by Gasteiger charge is -2.27. The molecule has 2 aromatic carbocycles. The third kappa shape index (κ3) is 4.97. The zero-order valence-electron chi connectivity index (χ0n) is 14.5. The molecule has 0 unspecified atom stereocenters. The van der Waals surface area contributed by atoms with Crippen LogP contribution in [0.25, 0.3) is 0 Å². The van der Waals surface area contributed by atoms with E-state index in [0.29, 0.717) is 47.7 Å². The predicted octanol–water partition coefficient (Wildman–Crippen LogP) is 2.85. The standard InChI is InChI=1S/C18H20ClN3O3S2/c19-15-6-2-3-7-16(15)21-18(26)20-13-14-5-1-4-8-17(14)27(23,24)22-9-11-25-12-10-22/h1-8H,9-13H2,(H2,20,21,26). The van der Waals surface area contributed by atoms with Crippen LogP contribution in [0.1, 0.15) is 5.56 Å². The number of halogens is 1. The minimum Gasteiger partial charge on any atom is -0.379 e. The maximum atomic E-state index is 13.0. The number of morpholine rings is 1. The van der Waals surface area contributed by atoms with Crippen LogP contribution in [0.5, 0.6) is 0 Å². The Morgan fingerprint density at radius 2 is 1.78 bits per heavy atom. The Bertz CT molecular complexity index is 916. The van der Waals surface area contributed by atoms with Gasteiger partial charge < -0.3 is 15.4 Å². The van der Waals surface area contributed by atoms with Crippen LogP contribution in [-0.2, 0) is 21.3 Å². The van der Waals surface area contributed by atoms with Gasteiger partial charge in [-0.1, -0.05) is 41.9 Å². The van der Waals surface area contributed by atoms with Crippen LogP contribution in [-0.4, -0.2) is 44.1 Å². The van der Waals surface area contributed by atoms with E-state index in [1.54, 1.807) is 30.3 Å². The summed E-state index contributed by atoms with van der Waals surface area (Å²) in [5, 5.41) is 6.97. The van der Waals surface area contributed by atoms with Crippen LogP contribution >= 0.6 is 23.8 Å². The molecule has 0 spiro atoms. The van der Waals surface area contributed by atoms with E-state index in [4.69, 9.17) is 28.6 Å². The Kier molecular flexibility index (Phi) is 6.67. The lowest BCUT2D eigenvalue weighted by Crippen LogP contribution is -2.41. The molecule has 1 heterocycles. The summed E-state index contributed by atoms with van der Waals surface area (Å²) >= 11 is 11.4. The summed E-state index contributed by atoms with van der Waals surface area (Å²) in [5.41, 5.74) is 1.33. The van der Waals surface area contributed by atoms with E-state index in [9.17, 15) is 8.42 Å². The molecule has 9 heteroatoms. The predicted molar refractivity (Wildman–Crippen MR) is 111 cm³/mol. The highest BCUT2D eigenvalue weighted by Crippen LogP contribution is 2.22. The fourth-order valence-corrected chi connectivity index (χ4v) is 4.73. The van der Waals surface area contributed by atoms with Crippen LogP contribution in [0.15, 0.2) is 53.4 Å². The van der Waals surface area contributed by atoms with Gasteiger partial charge in [0.1, 0.15) is 0 Å². The molecule has 0 aromatic heterocycles. The van der Waals surface area contributed by atoms with E-state index in [1.165, 1.54) is 4.31 Å². The van der Waals surface area contributed by atoms with E-state index in [-0.39, 0.29) is 11.4 Å². The molecule has 2 N–H and O–H groups in total.